The number of aromatic nitrogens is 1. The fourth-order valence-electron chi connectivity index (χ4n) is 8.97. The first-order valence-electron chi connectivity index (χ1n) is 16.7. The van der Waals surface area contributed by atoms with Crippen molar-refractivity contribution in [3.05, 3.63) is 30.0 Å². The Labute approximate surface area is 258 Å². The van der Waals surface area contributed by atoms with Gasteiger partial charge in [-0.15, -0.1) is 0 Å². The highest BCUT2D eigenvalue weighted by Crippen LogP contribution is 2.48. The molecule has 7 rings (SSSR count). The lowest BCUT2D eigenvalue weighted by Crippen LogP contribution is -2.50. The second kappa shape index (κ2) is 11.7. The molecule has 0 bridgehead atoms. The largest absolute Gasteiger partial charge is 0.434 e. The molecule has 2 aromatic rings. The van der Waals surface area contributed by atoms with Gasteiger partial charge in [0.25, 0.3) is 0 Å². The van der Waals surface area contributed by atoms with E-state index in [0.717, 1.165) is 75.1 Å². The van der Waals surface area contributed by atoms with Gasteiger partial charge in [0, 0.05) is 49.5 Å². The molecule has 10 heteroatoms. The fourth-order valence-corrected chi connectivity index (χ4v) is 8.97. The molecule has 2 aliphatic heterocycles. The average Bonchev–Trinajstić information content (AvgIpc) is 3.72. The second-order valence-corrected chi connectivity index (χ2v) is 13.9. The molecule has 5 aliphatic rings. The van der Waals surface area contributed by atoms with Crippen molar-refractivity contribution >= 4 is 34.4 Å². The zero-order valence-corrected chi connectivity index (χ0v) is 25.6. The number of fused-ring (bicyclic) bond motifs is 4. The van der Waals surface area contributed by atoms with Crippen LogP contribution in [0.1, 0.15) is 87.5 Å². The number of carbonyl (C=O) groups excluding carboxylic acids is 3. The first-order chi connectivity index (χ1) is 21.3. The van der Waals surface area contributed by atoms with Crippen molar-refractivity contribution < 1.29 is 28.2 Å². The molecule has 4 fully saturated rings. The molecule has 1 aromatic heterocycles. The van der Waals surface area contributed by atoms with Crippen LogP contribution >= 0.6 is 0 Å². The molecule has 1 aromatic carbocycles. The molecular weight excluding hydrogens is 563 g/mol. The van der Waals surface area contributed by atoms with Crippen LogP contribution in [0.5, 0.6) is 0 Å². The van der Waals surface area contributed by atoms with E-state index in [-0.39, 0.29) is 41.6 Å². The number of alkyl halides is 1. The van der Waals surface area contributed by atoms with Crippen LogP contribution in [0.2, 0.25) is 0 Å². The van der Waals surface area contributed by atoms with E-state index in [0.29, 0.717) is 36.7 Å². The Morgan fingerprint density at radius 1 is 1.09 bits per heavy atom. The number of nitrogens with zero attached hydrogens (tertiary/aromatic N) is 2. The van der Waals surface area contributed by atoms with Crippen LogP contribution in [-0.2, 0) is 24.8 Å². The van der Waals surface area contributed by atoms with Gasteiger partial charge in [-0.1, -0.05) is 0 Å². The Bertz CT molecular complexity index is 1420. The Hall–Kier alpha value is -2.98. The van der Waals surface area contributed by atoms with Gasteiger partial charge in [-0.25, -0.2) is 9.18 Å². The molecule has 9 nitrogen and oxygen atoms in total. The second-order valence-electron chi connectivity index (χ2n) is 13.9. The summed E-state index contributed by atoms with van der Waals surface area (Å²) in [5, 5.41) is 4.05. The first-order valence-corrected chi connectivity index (χ1v) is 16.7. The normalized spacial score (nSPS) is 31.9. The van der Waals surface area contributed by atoms with Crippen molar-refractivity contribution in [1.29, 1.82) is 0 Å². The predicted molar refractivity (Wildman–Crippen MR) is 164 cm³/mol. The number of halogens is 1. The number of rotatable bonds is 7. The van der Waals surface area contributed by atoms with Crippen LogP contribution in [0.25, 0.3) is 10.9 Å². The Balaban J connectivity index is 1.11. The molecule has 0 unspecified atom stereocenters. The number of anilines is 1. The van der Waals surface area contributed by atoms with E-state index in [2.05, 4.69) is 5.32 Å². The van der Waals surface area contributed by atoms with E-state index in [1.807, 2.05) is 33.7 Å². The van der Waals surface area contributed by atoms with Crippen molar-refractivity contribution in [1.82, 2.24) is 9.47 Å². The molecule has 3 aliphatic carbocycles. The van der Waals surface area contributed by atoms with E-state index in [4.69, 9.17) is 15.2 Å². The van der Waals surface area contributed by atoms with E-state index >= 15 is 0 Å². The lowest BCUT2D eigenvalue weighted by Gasteiger charge is -2.38. The topological polar surface area (TPSA) is 116 Å². The molecular formula is C34H45FN4O5. The third-order valence-electron chi connectivity index (χ3n) is 11.7. The summed E-state index contributed by atoms with van der Waals surface area (Å²) in [4.78, 5) is 42.7. The van der Waals surface area contributed by atoms with Gasteiger partial charge in [0.2, 0.25) is 11.8 Å². The molecule has 3 heterocycles. The number of amides is 2. The minimum Gasteiger partial charge on any atom is -0.434 e. The molecule has 2 amide bonds. The molecule has 0 radical (unpaired) electrons. The highest BCUT2D eigenvalue weighted by Gasteiger charge is 2.51. The van der Waals surface area contributed by atoms with Crippen molar-refractivity contribution in [2.75, 3.05) is 25.6 Å². The maximum atomic E-state index is 14.2. The summed E-state index contributed by atoms with van der Waals surface area (Å²) >= 11 is 0. The van der Waals surface area contributed by atoms with Crippen LogP contribution < -0.4 is 11.1 Å². The molecule has 3 saturated carbocycles. The molecule has 238 valence electrons. The maximum absolute atomic E-state index is 14.2. The smallest absolute Gasteiger partial charge is 0.357 e. The molecule has 44 heavy (non-hydrogen) atoms. The Kier molecular flexibility index (Phi) is 7.93. The molecule has 1 spiro atoms. The standard InChI is InChI=1S/C34H45FN4O5/c1-43-25-10-7-20(8-11-25)26-13-16-38(32(41)22-5-3-21(4-6-22)27(36)19-35)30(26)31(40)37-24-9-12-28-23(17-24)18-29-33(42)44-34(39(28)29)14-2-15-34/h9,12,17-18,20-22,25-27,30H,2-8,10-11,13-16,19,36H2,1H3,(H,37,40)/t20-,21-,22-,25-,26-,27+,30-/m0/s1. The van der Waals surface area contributed by atoms with Gasteiger partial charge in [-0.05, 0) is 106 Å². The SMILES string of the molecule is CO[C@H]1CC[C@H]([C@@H]2CCN(C(=O)[C@H]3CC[C@H]([C@H](N)CF)CC3)[C@@H]2C(=O)Nc2ccc3c(c2)cc2n3C3(CCC3)OC2=O)CC1. The van der Waals surface area contributed by atoms with Crippen LogP contribution in [-0.4, -0.2) is 65.8 Å². The van der Waals surface area contributed by atoms with Gasteiger partial charge >= 0.3 is 5.97 Å². The number of carbonyl (C=O) groups is 3. The van der Waals surface area contributed by atoms with Crippen molar-refractivity contribution in [2.45, 2.75) is 101 Å². The zero-order chi connectivity index (χ0) is 30.6. The molecule has 1 saturated heterocycles. The van der Waals surface area contributed by atoms with E-state index in [9.17, 15) is 18.8 Å². The number of likely N-dealkylation sites (tertiary alicyclic amines) is 1. The third-order valence-corrected chi connectivity index (χ3v) is 11.7. The van der Waals surface area contributed by atoms with Gasteiger partial charge in [0.05, 0.1) is 11.6 Å². The number of esters is 1. The van der Waals surface area contributed by atoms with E-state index in [1.165, 1.54) is 0 Å². The number of ether oxygens (including phenoxy) is 2. The zero-order valence-electron chi connectivity index (χ0n) is 25.6. The van der Waals surface area contributed by atoms with Gasteiger partial charge in [0.15, 0.2) is 5.72 Å². The summed E-state index contributed by atoms with van der Waals surface area (Å²) in [5.41, 5.74) is 7.56. The first kappa shape index (κ1) is 29.7. The summed E-state index contributed by atoms with van der Waals surface area (Å²) in [6.07, 6.45) is 10.5. The molecule has 3 atom stereocenters. The minimum atomic E-state index is -0.561. The highest BCUT2D eigenvalue weighted by atomic mass is 19.1. The van der Waals surface area contributed by atoms with Crippen molar-refractivity contribution in [3.63, 3.8) is 0 Å². The lowest BCUT2D eigenvalue weighted by atomic mass is 9.75. The monoisotopic (exact) mass is 608 g/mol. The van der Waals surface area contributed by atoms with Gasteiger partial charge < -0.3 is 25.4 Å². The van der Waals surface area contributed by atoms with E-state index in [1.54, 1.807) is 7.11 Å². The van der Waals surface area contributed by atoms with Crippen molar-refractivity contribution in [2.24, 2.45) is 29.4 Å². The quantitative estimate of drug-likeness (QED) is 0.422. The summed E-state index contributed by atoms with van der Waals surface area (Å²) in [7, 11) is 1.76. The summed E-state index contributed by atoms with van der Waals surface area (Å²) in [6, 6.07) is 6.62. The number of hydrogen-bond acceptors (Lipinski definition) is 6. The van der Waals surface area contributed by atoms with Crippen LogP contribution in [0.3, 0.4) is 0 Å². The lowest BCUT2D eigenvalue weighted by molar-refractivity contribution is -0.142. The van der Waals surface area contributed by atoms with Crippen LogP contribution in [0.15, 0.2) is 24.3 Å². The number of nitrogens with two attached hydrogens (primary N) is 1. The van der Waals surface area contributed by atoms with Crippen LogP contribution in [0, 0.1) is 23.7 Å². The van der Waals surface area contributed by atoms with Crippen LogP contribution in [0.4, 0.5) is 10.1 Å². The average molecular weight is 609 g/mol. The van der Waals surface area contributed by atoms with Crippen molar-refractivity contribution in [3.8, 4) is 0 Å². The molecule has 3 N–H and O–H groups in total. The minimum absolute atomic E-state index is 0.0501. The number of hydrogen-bond donors (Lipinski definition) is 2. The number of nitrogens with one attached hydrogen (secondary N) is 1. The summed E-state index contributed by atoms with van der Waals surface area (Å²) < 4.78 is 26.6. The summed E-state index contributed by atoms with van der Waals surface area (Å²) in [6.45, 7) is 0.0403. The number of benzene rings is 1. The third kappa shape index (κ3) is 5.02. The Morgan fingerprint density at radius 2 is 1.84 bits per heavy atom. The maximum Gasteiger partial charge on any atom is 0.357 e. The van der Waals surface area contributed by atoms with E-state index < -0.39 is 24.5 Å². The summed E-state index contributed by atoms with van der Waals surface area (Å²) in [5.74, 6) is 0.00144. The fraction of sp³-hybridized carbons (Fsp3) is 0.676. The highest BCUT2D eigenvalue weighted by molar-refractivity contribution is 6.02. The Morgan fingerprint density at radius 3 is 2.50 bits per heavy atom. The van der Waals surface area contributed by atoms with Gasteiger partial charge in [-0.2, -0.15) is 0 Å². The van der Waals surface area contributed by atoms with Gasteiger partial charge in [-0.3, -0.25) is 14.2 Å². The number of methoxy groups -OCH3 is 1. The van der Waals surface area contributed by atoms with Gasteiger partial charge in [0.1, 0.15) is 18.4 Å². The predicted octanol–water partition coefficient (Wildman–Crippen LogP) is 5.11.